The number of allylic oxidation sites excluding steroid dienone is 1. The van der Waals surface area contributed by atoms with Crippen LogP contribution < -0.4 is 9.47 Å². The number of methoxy groups -OCH3 is 1. The number of aromatic nitrogens is 3. The number of ether oxygens (including phenoxy) is 2. The molecule has 0 aliphatic heterocycles. The van der Waals surface area contributed by atoms with E-state index in [1.807, 2.05) is 48.6 Å². The number of rotatable bonds is 8. The van der Waals surface area contributed by atoms with E-state index >= 15 is 0 Å². The molecule has 0 spiro atoms. The number of hydrogen-bond donors (Lipinski definition) is 0. The van der Waals surface area contributed by atoms with Crippen molar-refractivity contribution >= 4 is 30.4 Å². The van der Waals surface area contributed by atoms with Crippen LogP contribution in [-0.2, 0) is 18.6 Å². The van der Waals surface area contributed by atoms with Crippen LogP contribution in [-0.4, -0.2) is 21.9 Å². The predicted octanol–water partition coefficient (Wildman–Crippen LogP) is 7.53. The smallest absolute Gasteiger partial charge is 0.130 e. The highest BCUT2D eigenvalue weighted by molar-refractivity contribution is 5.75. The van der Waals surface area contributed by atoms with Gasteiger partial charge in [0.15, 0.2) is 0 Å². The van der Waals surface area contributed by atoms with Crippen LogP contribution in [0.15, 0.2) is 72.9 Å². The first-order valence-corrected chi connectivity index (χ1v) is 12.9. The number of benzene rings is 2. The minimum atomic E-state index is -0.155. The first-order chi connectivity index (χ1) is 18.4. The minimum Gasteiger partial charge on any atom is -0.496 e. The van der Waals surface area contributed by atoms with Crippen LogP contribution in [0.4, 0.5) is 0 Å². The Labute approximate surface area is 224 Å². The lowest BCUT2D eigenvalue weighted by Gasteiger charge is -2.21. The highest BCUT2D eigenvalue weighted by atomic mass is 16.5. The van der Waals surface area contributed by atoms with E-state index in [1.54, 1.807) is 13.3 Å². The van der Waals surface area contributed by atoms with E-state index < -0.39 is 0 Å². The van der Waals surface area contributed by atoms with Crippen molar-refractivity contribution in [2.75, 3.05) is 7.11 Å². The average molecular weight is 504 g/mol. The van der Waals surface area contributed by atoms with Crippen molar-refractivity contribution < 1.29 is 9.47 Å². The summed E-state index contributed by atoms with van der Waals surface area (Å²) < 4.78 is 13.6. The van der Waals surface area contributed by atoms with Gasteiger partial charge in [0.2, 0.25) is 0 Å². The Morgan fingerprint density at radius 3 is 2.63 bits per heavy atom. The maximum atomic E-state index is 5.90. The fourth-order valence-corrected chi connectivity index (χ4v) is 4.45. The SMILES string of the molecule is COc1cc(OCc2ccccn2)ccc1/C=C/c1cc(/C=C/c2ccc3c(c2)CC=C3)n(C(C)(C)C)n1. The first kappa shape index (κ1) is 25.3. The Morgan fingerprint density at radius 2 is 1.84 bits per heavy atom. The Kier molecular flexibility index (Phi) is 7.27. The molecule has 0 unspecified atom stereocenters. The molecule has 2 heterocycles. The largest absolute Gasteiger partial charge is 0.496 e. The maximum Gasteiger partial charge on any atom is 0.130 e. The molecule has 0 radical (unpaired) electrons. The lowest BCUT2D eigenvalue weighted by Crippen LogP contribution is -2.24. The second-order valence-electron chi connectivity index (χ2n) is 10.3. The summed E-state index contributed by atoms with van der Waals surface area (Å²) in [6.45, 7) is 6.90. The van der Waals surface area contributed by atoms with Gasteiger partial charge in [-0.25, -0.2) is 0 Å². The lowest BCUT2D eigenvalue weighted by molar-refractivity contribution is 0.299. The molecule has 0 amide bonds. The van der Waals surface area contributed by atoms with Gasteiger partial charge < -0.3 is 9.47 Å². The molecule has 0 saturated heterocycles. The van der Waals surface area contributed by atoms with Gasteiger partial charge in [0.1, 0.15) is 18.1 Å². The molecule has 2 aromatic heterocycles. The third-order valence-corrected chi connectivity index (χ3v) is 6.39. The zero-order chi connectivity index (χ0) is 26.5. The zero-order valence-corrected chi connectivity index (χ0v) is 22.4. The molecule has 5 heteroatoms. The van der Waals surface area contributed by atoms with Gasteiger partial charge in [0.05, 0.1) is 29.7 Å². The van der Waals surface area contributed by atoms with E-state index in [-0.39, 0.29) is 5.54 Å². The van der Waals surface area contributed by atoms with Crippen molar-refractivity contribution in [2.45, 2.75) is 39.3 Å². The third kappa shape index (κ3) is 5.94. The summed E-state index contributed by atoms with van der Waals surface area (Å²) in [4.78, 5) is 4.30. The monoisotopic (exact) mass is 503 g/mol. The maximum absolute atomic E-state index is 5.90. The van der Waals surface area contributed by atoms with Crippen molar-refractivity contribution in [3.05, 3.63) is 112 Å². The van der Waals surface area contributed by atoms with Gasteiger partial charge >= 0.3 is 0 Å². The Hall–Kier alpha value is -4.38. The highest BCUT2D eigenvalue weighted by Gasteiger charge is 2.18. The Morgan fingerprint density at radius 1 is 0.947 bits per heavy atom. The summed E-state index contributed by atoms with van der Waals surface area (Å²) in [6.07, 6.45) is 15.5. The van der Waals surface area contributed by atoms with Crippen molar-refractivity contribution in [2.24, 2.45) is 0 Å². The van der Waals surface area contributed by atoms with E-state index in [0.717, 1.165) is 40.6 Å². The second-order valence-corrected chi connectivity index (χ2v) is 10.3. The van der Waals surface area contributed by atoms with E-state index in [4.69, 9.17) is 14.6 Å². The number of pyridine rings is 1. The van der Waals surface area contributed by atoms with Gasteiger partial charge in [-0.05, 0) is 92.4 Å². The molecule has 38 heavy (non-hydrogen) atoms. The van der Waals surface area contributed by atoms with Crippen LogP contribution in [0, 0.1) is 0 Å². The summed E-state index contributed by atoms with van der Waals surface area (Å²) in [5.41, 5.74) is 7.50. The number of nitrogens with zero attached hydrogens (tertiary/aromatic N) is 3. The summed E-state index contributed by atoms with van der Waals surface area (Å²) in [7, 11) is 1.67. The van der Waals surface area contributed by atoms with Crippen LogP contribution in [0.1, 0.15) is 60.1 Å². The predicted molar refractivity (Wildman–Crippen MR) is 156 cm³/mol. The summed E-state index contributed by atoms with van der Waals surface area (Å²) in [5, 5.41) is 4.90. The minimum absolute atomic E-state index is 0.155. The molecule has 0 N–H and O–H groups in total. The number of hydrogen-bond acceptors (Lipinski definition) is 4. The van der Waals surface area contributed by atoms with Crippen LogP contribution in [0.2, 0.25) is 0 Å². The molecular formula is C33H33N3O2. The van der Waals surface area contributed by atoms with Crippen LogP contribution in [0.25, 0.3) is 30.4 Å². The molecule has 0 bridgehead atoms. The van der Waals surface area contributed by atoms with Gasteiger partial charge in [-0.2, -0.15) is 5.10 Å². The van der Waals surface area contributed by atoms with Crippen molar-refractivity contribution in [3.8, 4) is 11.5 Å². The molecule has 0 saturated carbocycles. The van der Waals surface area contributed by atoms with Crippen LogP contribution >= 0.6 is 0 Å². The second kappa shape index (κ2) is 10.9. The van der Waals surface area contributed by atoms with E-state index in [1.165, 1.54) is 16.7 Å². The zero-order valence-electron chi connectivity index (χ0n) is 22.4. The fourth-order valence-electron chi connectivity index (χ4n) is 4.45. The molecule has 2 aromatic carbocycles. The van der Waals surface area contributed by atoms with Crippen molar-refractivity contribution in [3.63, 3.8) is 0 Å². The standard InChI is InChI=1S/C33H33N3O2/c1-33(2,3)36-30(17-12-24-11-13-25-8-7-9-27(25)20-24)21-28(35-36)16-14-26-15-18-31(22-32(26)37-4)38-23-29-10-5-6-19-34-29/h5-8,10-22H,9,23H2,1-4H3/b16-14+,17-12+. The van der Waals surface area contributed by atoms with E-state index in [2.05, 4.69) is 79.0 Å². The molecule has 5 nitrogen and oxygen atoms in total. The number of fused-ring (bicyclic) bond motifs is 1. The topological polar surface area (TPSA) is 49.2 Å². The van der Waals surface area contributed by atoms with Crippen LogP contribution in [0.3, 0.4) is 0 Å². The summed E-state index contributed by atoms with van der Waals surface area (Å²) in [6, 6.07) is 20.4. The molecule has 0 atom stereocenters. The lowest BCUT2D eigenvalue weighted by atomic mass is 10.1. The quantitative estimate of drug-likeness (QED) is 0.249. The van der Waals surface area contributed by atoms with E-state index in [0.29, 0.717) is 6.61 Å². The highest BCUT2D eigenvalue weighted by Crippen LogP contribution is 2.28. The Balaban J connectivity index is 1.34. The normalized spacial score (nSPS) is 12.9. The van der Waals surface area contributed by atoms with Gasteiger partial charge in [0, 0.05) is 17.8 Å². The van der Waals surface area contributed by atoms with Crippen molar-refractivity contribution in [1.82, 2.24) is 14.8 Å². The summed E-state index contributed by atoms with van der Waals surface area (Å²) >= 11 is 0. The van der Waals surface area contributed by atoms with Gasteiger partial charge in [0.25, 0.3) is 0 Å². The van der Waals surface area contributed by atoms with Crippen molar-refractivity contribution in [1.29, 1.82) is 0 Å². The Bertz CT molecular complexity index is 1510. The first-order valence-electron chi connectivity index (χ1n) is 12.9. The molecule has 5 rings (SSSR count). The molecule has 192 valence electrons. The molecule has 0 fully saturated rings. The molecule has 1 aliphatic rings. The molecule has 1 aliphatic carbocycles. The van der Waals surface area contributed by atoms with Gasteiger partial charge in [-0.1, -0.05) is 42.5 Å². The van der Waals surface area contributed by atoms with Gasteiger partial charge in [-0.3, -0.25) is 9.67 Å². The fraction of sp³-hybridized carbons (Fsp3) is 0.212. The van der Waals surface area contributed by atoms with Crippen LogP contribution in [0.5, 0.6) is 11.5 Å². The molecular weight excluding hydrogens is 470 g/mol. The molecule has 4 aromatic rings. The van der Waals surface area contributed by atoms with E-state index in [9.17, 15) is 0 Å². The summed E-state index contributed by atoms with van der Waals surface area (Å²) in [5.74, 6) is 1.47. The third-order valence-electron chi connectivity index (χ3n) is 6.39. The average Bonchev–Trinajstić information content (AvgIpc) is 3.57. The van der Waals surface area contributed by atoms with Gasteiger partial charge in [-0.15, -0.1) is 0 Å².